The number of ether oxygens (including phenoxy) is 1. The van der Waals surface area contributed by atoms with Gasteiger partial charge in [0.15, 0.2) is 0 Å². The third kappa shape index (κ3) is 3.32. The van der Waals surface area contributed by atoms with Gasteiger partial charge in [0.1, 0.15) is 6.04 Å². The SMILES string of the molecule is C[C@H]1OCCN[C@@H]1C(=O)Nc1cccc(-c2cccs2)c1. The lowest BCUT2D eigenvalue weighted by Gasteiger charge is -2.29. The van der Waals surface area contributed by atoms with Gasteiger partial charge in [-0.1, -0.05) is 18.2 Å². The summed E-state index contributed by atoms with van der Waals surface area (Å²) in [6, 6.07) is 11.7. The Bertz CT molecular complexity index is 612. The molecular weight excluding hydrogens is 284 g/mol. The Labute approximate surface area is 128 Å². The number of anilines is 1. The van der Waals surface area contributed by atoms with Crippen LogP contribution in [-0.4, -0.2) is 31.2 Å². The van der Waals surface area contributed by atoms with Gasteiger partial charge in [-0.3, -0.25) is 4.79 Å². The molecule has 0 bridgehead atoms. The Balaban J connectivity index is 1.73. The molecule has 0 saturated carbocycles. The molecule has 0 radical (unpaired) electrons. The largest absolute Gasteiger partial charge is 0.375 e. The number of rotatable bonds is 3. The van der Waals surface area contributed by atoms with E-state index in [2.05, 4.69) is 16.7 Å². The van der Waals surface area contributed by atoms with E-state index in [0.29, 0.717) is 13.2 Å². The van der Waals surface area contributed by atoms with E-state index in [1.807, 2.05) is 42.6 Å². The van der Waals surface area contributed by atoms with Crippen LogP contribution >= 0.6 is 11.3 Å². The maximum atomic E-state index is 12.3. The summed E-state index contributed by atoms with van der Waals surface area (Å²) >= 11 is 1.69. The van der Waals surface area contributed by atoms with E-state index >= 15 is 0 Å². The van der Waals surface area contributed by atoms with Gasteiger partial charge in [-0.15, -0.1) is 11.3 Å². The van der Waals surface area contributed by atoms with Crippen molar-refractivity contribution in [1.29, 1.82) is 0 Å². The van der Waals surface area contributed by atoms with E-state index < -0.39 is 0 Å². The lowest BCUT2D eigenvalue weighted by molar-refractivity contribution is -0.123. The molecule has 2 heterocycles. The van der Waals surface area contributed by atoms with Crippen LogP contribution in [0.5, 0.6) is 0 Å². The number of amides is 1. The van der Waals surface area contributed by atoms with Crippen molar-refractivity contribution in [2.75, 3.05) is 18.5 Å². The second kappa shape index (κ2) is 6.39. The standard InChI is InChI=1S/C16H18N2O2S/c1-11-15(17-7-8-20-11)16(19)18-13-5-2-4-12(10-13)14-6-3-9-21-14/h2-6,9-11,15,17H,7-8H2,1H3,(H,18,19)/t11-,15+/m1/s1. The van der Waals surface area contributed by atoms with Crippen LogP contribution in [0.1, 0.15) is 6.92 Å². The summed E-state index contributed by atoms with van der Waals surface area (Å²) in [7, 11) is 0. The van der Waals surface area contributed by atoms with E-state index in [9.17, 15) is 4.79 Å². The predicted octanol–water partition coefficient (Wildman–Crippen LogP) is 2.73. The van der Waals surface area contributed by atoms with Crippen LogP contribution < -0.4 is 10.6 Å². The Morgan fingerprint density at radius 2 is 2.29 bits per heavy atom. The maximum absolute atomic E-state index is 12.3. The van der Waals surface area contributed by atoms with E-state index in [1.165, 1.54) is 4.88 Å². The van der Waals surface area contributed by atoms with E-state index in [1.54, 1.807) is 11.3 Å². The molecule has 1 amide bonds. The molecule has 1 fully saturated rings. The van der Waals surface area contributed by atoms with Gasteiger partial charge in [0.05, 0.1) is 12.7 Å². The van der Waals surface area contributed by atoms with E-state index in [0.717, 1.165) is 11.3 Å². The first-order valence-electron chi connectivity index (χ1n) is 7.04. The second-order valence-corrected chi connectivity index (χ2v) is 6.00. The van der Waals surface area contributed by atoms with Crippen LogP contribution in [0.2, 0.25) is 0 Å². The van der Waals surface area contributed by atoms with Crippen molar-refractivity contribution in [1.82, 2.24) is 5.32 Å². The highest BCUT2D eigenvalue weighted by Gasteiger charge is 2.28. The molecule has 3 rings (SSSR count). The fraction of sp³-hybridized carbons (Fsp3) is 0.312. The van der Waals surface area contributed by atoms with Gasteiger partial charge in [0.2, 0.25) is 5.91 Å². The average molecular weight is 302 g/mol. The van der Waals surface area contributed by atoms with Crippen molar-refractivity contribution in [2.24, 2.45) is 0 Å². The summed E-state index contributed by atoms with van der Waals surface area (Å²) in [5.41, 5.74) is 1.93. The molecule has 0 unspecified atom stereocenters. The molecule has 0 aliphatic carbocycles. The van der Waals surface area contributed by atoms with Gasteiger partial charge in [-0.25, -0.2) is 0 Å². The molecule has 1 aromatic heterocycles. The zero-order chi connectivity index (χ0) is 14.7. The summed E-state index contributed by atoms with van der Waals surface area (Å²) in [5.74, 6) is -0.0504. The van der Waals surface area contributed by atoms with Crippen molar-refractivity contribution in [3.63, 3.8) is 0 Å². The van der Waals surface area contributed by atoms with Crippen molar-refractivity contribution >= 4 is 22.9 Å². The molecule has 21 heavy (non-hydrogen) atoms. The molecule has 5 heteroatoms. The highest BCUT2D eigenvalue weighted by Crippen LogP contribution is 2.26. The monoisotopic (exact) mass is 302 g/mol. The molecule has 2 aromatic rings. The third-order valence-electron chi connectivity index (χ3n) is 3.53. The topological polar surface area (TPSA) is 50.4 Å². The molecule has 1 aliphatic rings. The normalized spacial score (nSPS) is 22.0. The Morgan fingerprint density at radius 1 is 1.38 bits per heavy atom. The van der Waals surface area contributed by atoms with Crippen molar-refractivity contribution in [2.45, 2.75) is 19.1 Å². The quantitative estimate of drug-likeness (QED) is 0.916. The summed E-state index contributed by atoms with van der Waals surface area (Å²) in [5, 5.41) is 8.21. The summed E-state index contributed by atoms with van der Waals surface area (Å²) in [6.07, 6.45) is -0.112. The Hall–Kier alpha value is -1.69. The van der Waals surface area contributed by atoms with Crippen LogP contribution in [0, 0.1) is 0 Å². The van der Waals surface area contributed by atoms with Gasteiger partial charge in [0, 0.05) is 17.1 Å². The first kappa shape index (κ1) is 14.3. The van der Waals surface area contributed by atoms with Gasteiger partial charge in [0.25, 0.3) is 0 Å². The number of carbonyl (C=O) groups is 1. The molecule has 2 N–H and O–H groups in total. The van der Waals surface area contributed by atoms with Crippen LogP contribution in [0.4, 0.5) is 5.69 Å². The van der Waals surface area contributed by atoms with Crippen LogP contribution in [0.25, 0.3) is 10.4 Å². The number of benzene rings is 1. The number of hydrogen-bond donors (Lipinski definition) is 2. The third-order valence-corrected chi connectivity index (χ3v) is 4.45. The molecule has 2 atom stereocenters. The zero-order valence-corrected chi connectivity index (χ0v) is 12.7. The first-order valence-corrected chi connectivity index (χ1v) is 7.92. The van der Waals surface area contributed by atoms with E-state index in [-0.39, 0.29) is 18.1 Å². The van der Waals surface area contributed by atoms with Gasteiger partial charge >= 0.3 is 0 Å². The molecule has 1 aliphatic heterocycles. The lowest BCUT2D eigenvalue weighted by atomic mass is 10.1. The number of nitrogens with one attached hydrogen (secondary N) is 2. The fourth-order valence-electron chi connectivity index (χ4n) is 2.44. The number of morpholine rings is 1. The van der Waals surface area contributed by atoms with Crippen LogP contribution in [-0.2, 0) is 9.53 Å². The summed E-state index contributed by atoms with van der Waals surface area (Å²) in [4.78, 5) is 13.5. The fourth-order valence-corrected chi connectivity index (χ4v) is 3.16. The van der Waals surface area contributed by atoms with Crippen LogP contribution in [0.15, 0.2) is 41.8 Å². The van der Waals surface area contributed by atoms with Crippen molar-refractivity contribution < 1.29 is 9.53 Å². The highest BCUT2D eigenvalue weighted by atomic mass is 32.1. The van der Waals surface area contributed by atoms with Gasteiger partial charge in [-0.2, -0.15) is 0 Å². The molecule has 0 spiro atoms. The minimum atomic E-state index is -0.302. The van der Waals surface area contributed by atoms with E-state index in [4.69, 9.17) is 4.74 Å². The molecule has 110 valence electrons. The number of carbonyl (C=O) groups excluding carboxylic acids is 1. The summed E-state index contributed by atoms with van der Waals surface area (Å²) < 4.78 is 5.51. The second-order valence-electron chi connectivity index (χ2n) is 5.06. The minimum absolute atomic E-state index is 0.0504. The smallest absolute Gasteiger partial charge is 0.244 e. The summed E-state index contributed by atoms with van der Waals surface area (Å²) in [6.45, 7) is 3.27. The number of thiophene rings is 1. The molecule has 4 nitrogen and oxygen atoms in total. The highest BCUT2D eigenvalue weighted by molar-refractivity contribution is 7.13. The van der Waals surface area contributed by atoms with Crippen molar-refractivity contribution in [3.05, 3.63) is 41.8 Å². The Morgan fingerprint density at radius 3 is 3.05 bits per heavy atom. The maximum Gasteiger partial charge on any atom is 0.244 e. The molecular formula is C16H18N2O2S. The molecule has 1 saturated heterocycles. The number of hydrogen-bond acceptors (Lipinski definition) is 4. The predicted molar refractivity (Wildman–Crippen MR) is 85.6 cm³/mol. The van der Waals surface area contributed by atoms with Gasteiger partial charge in [-0.05, 0) is 36.1 Å². The van der Waals surface area contributed by atoms with Crippen LogP contribution in [0.3, 0.4) is 0 Å². The minimum Gasteiger partial charge on any atom is -0.375 e. The molecule has 1 aromatic carbocycles. The first-order chi connectivity index (χ1) is 10.2. The average Bonchev–Trinajstić information content (AvgIpc) is 3.02. The lowest BCUT2D eigenvalue weighted by Crippen LogP contribution is -2.53. The van der Waals surface area contributed by atoms with Crippen molar-refractivity contribution in [3.8, 4) is 10.4 Å². The van der Waals surface area contributed by atoms with Gasteiger partial charge < -0.3 is 15.4 Å². The Kier molecular flexibility index (Phi) is 4.34. The zero-order valence-electron chi connectivity index (χ0n) is 11.8.